The number of rotatable bonds is 2. The normalized spacial score (nSPS) is 27.1. The Morgan fingerprint density at radius 2 is 2.05 bits per heavy atom. The maximum Gasteiger partial charge on any atom is 0.153 e. The van der Waals surface area contributed by atoms with E-state index in [2.05, 4.69) is 16.9 Å². The first-order valence-electron chi connectivity index (χ1n) is 7.09. The molecule has 1 aromatic carbocycles. The lowest BCUT2D eigenvalue weighted by molar-refractivity contribution is 0.238. The Labute approximate surface area is 116 Å². The van der Waals surface area contributed by atoms with E-state index in [4.69, 9.17) is 5.73 Å². The van der Waals surface area contributed by atoms with Gasteiger partial charge in [-0.05, 0) is 37.7 Å². The Morgan fingerprint density at radius 3 is 2.70 bits per heavy atom. The van der Waals surface area contributed by atoms with E-state index in [-0.39, 0.29) is 10.9 Å². The van der Waals surface area contributed by atoms with Crippen LogP contribution in [0.1, 0.15) is 38.4 Å². The Hall–Kier alpha value is -1.49. The van der Waals surface area contributed by atoms with Crippen LogP contribution in [-0.4, -0.2) is 16.5 Å². The fourth-order valence-electron chi connectivity index (χ4n) is 3.15. The zero-order valence-corrected chi connectivity index (χ0v) is 11.5. The number of nitrogens with one attached hydrogen (secondary N) is 1. The predicted molar refractivity (Wildman–Crippen MR) is 74.4 cm³/mol. The highest BCUT2D eigenvalue weighted by Crippen LogP contribution is 2.40. The first-order valence-corrected chi connectivity index (χ1v) is 7.09. The zero-order chi connectivity index (χ0) is 14.3. The second kappa shape index (κ2) is 4.81. The molecule has 0 saturated heterocycles. The van der Waals surface area contributed by atoms with Crippen LogP contribution >= 0.6 is 0 Å². The van der Waals surface area contributed by atoms with Crippen molar-refractivity contribution < 1.29 is 8.78 Å². The third-order valence-corrected chi connectivity index (χ3v) is 4.63. The van der Waals surface area contributed by atoms with E-state index in [0.717, 1.165) is 31.7 Å². The molecule has 5 heteroatoms. The van der Waals surface area contributed by atoms with Crippen molar-refractivity contribution in [1.29, 1.82) is 0 Å². The van der Waals surface area contributed by atoms with Crippen LogP contribution < -0.4 is 5.73 Å². The summed E-state index contributed by atoms with van der Waals surface area (Å²) in [6, 6.07) is 2.15. The fourth-order valence-corrected chi connectivity index (χ4v) is 3.15. The smallest absolute Gasteiger partial charge is 0.153 e. The summed E-state index contributed by atoms with van der Waals surface area (Å²) in [6.45, 7) is 2.71. The standard InChI is InChI=1S/C15H19F2N3/c1-9-2-4-15(8-18,5-3-9)14-19-12-7-10(16)6-11(17)13(12)20-14/h6-7,9H,2-5,8,18H2,1H3,(H,19,20). The van der Waals surface area contributed by atoms with Crippen LogP contribution in [0.25, 0.3) is 11.0 Å². The number of fused-ring (bicyclic) bond motifs is 1. The van der Waals surface area contributed by atoms with E-state index < -0.39 is 11.6 Å². The Kier molecular flexibility index (Phi) is 3.24. The van der Waals surface area contributed by atoms with Crippen molar-refractivity contribution in [2.75, 3.05) is 6.54 Å². The van der Waals surface area contributed by atoms with Crippen LogP contribution in [0.2, 0.25) is 0 Å². The molecule has 0 unspecified atom stereocenters. The van der Waals surface area contributed by atoms with E-state index in [1.165, 1.54) is 6.07 Å². The molecule has 3 rings (SSSR count). The molecular weight excluding hydrogens is 260 g/mol. The molecule has 108 valence electrons. The summed E-state index contributed by atoms with van der Waals surface area (Å²) < 4.78 is 27.0. The number of H-pyrrole nitrogens is 1. The molecule has 0 aliphatic heterocycles. The molecule has 0 spiro atoms. The Balaban J connectivity index is 2.06. The third kappa shape index (κ3) is 2.10. The van der Waals surface area contributed by atoms with Gasteiger partial charge in [0.15, 0.2) is 5.82 Å². The van der Waals surface area contributed by atoms with Crippen LogP contribution in [0.15, 0.2) is 12.1 Å². The number of halogens is 2. The highest BCUT2D eigenvalue weighted by Gasteiger charge is 2.37. The second-order valence-electron chi connectivity index (χ2n) is 6.04. The molecule has 2 aromatic rings. The van der Waals surface area contributed by atoms with E-state index in [1.54, 1.807) is 0 Å². The molecular formula is C15H19F2N3. The van der Waals surface area contributed by atoms with E-state index in [0.29, 0.717) is 23.8 Å². The topological polar surface area (TPSA) is 54.7 Å². The van der Waals surface area contributed by atoms with Gasteiger partial charge in [0.05, 0.1) is 5.52 Å². The summed E-state index contributed by atoms with van der Waals surface area (Å²) in [7, 11) is 0. The number of imidazole rings is 1. The summed E-state index contributed by atoms with van der Waals surface area (Å²) in [5, 5.41) is 0. The first kappa shape index (κ1) is 13.5. The maximum absolute atomic E-state index is 13.8. The molecule has 0 atom stereocenters. The zero-order valence-electron chi connectivity index (χ0n) is 11.5. The number of aromatic nitrogens is 2. The molecule has 20 heavy (non-hydrogen) atoms. The van der Waals surface area contributed by atoms with Gasteiger partial charge in [-0.3, -0.25) is 0 Å². The Bertz CT molecular complexity index is 627. The molecule has 0 bridgehead atoms. The van der Waals surface area contributed by atoms with Crippen molar-refractivity contribution in [2.45, 2.75) is 38.0 Å². The van der Waals surface area contributed by atoms with Crippen LogP contribution in [0.4, 0.5) is 8.78 Å². The van der Waals surface area contributed by atoms with Gasteiger partial charge >= 0.3 is 0 Å². The van der Waals surface area contributed by atoms with Gasteiger partial charge in [0, 0.05) is 18.0 Å². The van der Waals surface area contributed by atoms with Crippen molar-refractivity contribution in [2.24, 2.45) is 11.7 Å². The first-order chi connectivity index (χ1) is 9.54. The largest absolute Gasteiger partial charge is 0.341 e. The lowest BCUT2D eigenvalue weighted by Gasteiger charge is -2.36. The molecule has 3 N–H and O–H groups in total. The highest BCUT2D eigenvalue weighted by molar-refractivity contribution is 5.76. The molecule has 1 aliphatic rings. The van der Waals surface area contributed by atoms with Crippen molar-refractivity contribution in [3.05, 3.63) is 29.6 Å². The van der Waals surface area contributed by atoms with Gasteiger partial charge < -0.3 is 10.7 Å². The van der Waals surface area contributed by atoms with Gasteiger partial charge in [-0.15, -0.1) is 0 Å². The quantitative estimate of drug-likeness (QED) is 0.886. The number of hydrogen-bond acceptors (Lipinski definition) is 2. The number of aromatic amines is 1. The average molecular weight is 279 g/mol. The van der Waals surface area contributed by atoms with Gasteiger partial charge in [0.1, 0.15) is 17.2 Å². The van der Waals surface area contributed by atoms with Gasteiger partial charge in [0.2, 0.25) is 0 Å². The van der Waals surface area contributed by atoms with Gasteiger partial charge in [0.25, 0.3) is 0 Å². The molecule has 1 fully saturated rings. The number of nitrogens with two attached hydrogens (primary N) is 1. The van der Waals surface area contributed by atoms with Crippen molar-refractivity contribution in [3.8, 4) is 0 Å². The summed E-state index contributed by atoms with van der Waals surface area (Å²) in [4.78, 5) is 7.45. The average Bonchev–Trinajstić information content (AvgIpc) is 2.85. The third-order valence-electron chi connectivity index (χ3n) is 4.63. The molecule has 1 aliphatic carbocycles. The molecule has 3 nitrogen and oxygen atoms in total. The predicted octanol–water partition coefficient (Wildman–Crippen LogP) is 3.25. The van der Waals surface area contributed by atoms with E-state index >= 15 is 0 Å². The van der Waals surface area contributed by atoms with E-state index in [1.807, 2.05) is 0 Å². The van der Waals surface area contributed by atoms with Gasteiger partial charge in [-0.2, -0.15) is 0 Å². The summed E-state index contributed by atoms with van der Waals surface area (Å²) >= 11 is 0. The lowest BCUT2D eigenvalue weighted by Crippen LogP contribution is -2.39. The van der Waals surface area contributed by atoms with Crippen molar-refractivity contribution in [3.63, 3.8) is 0 Å². The number of nitrogens with zero attached hydrogens (tertiary/aromatic N) is 1. The van der Waals surface area contributed by atoms with Crippen LogP contribution in [0, 0.1) is 17.6 Å². The molecule has 0 amide bonds. The van der Waals surface area contributed by atoms with Gasteiger partial charge in [-0.25, -0.2) is 13.8 Å². The summed E-state index contributed by atoms with van der Waals surface area (Å²) in [5.74, 6) is 0.169. The summed E-state index contributed by atoms with van der Waals surface area (Å²) in [6.07, 6.45) is 4.05. The number of hydrogen-bond donors (Lipinski definition) is 2. The van der Waals surface area contributed by atoms with Crippen LogP contribution in [0.3, 0.4) is 0 Å². The van der Waals surface area contributed by atoms with Crippen LogP contribution in [0.5, 0.6) is 0 Å². The number of benzene rings is 1. The minimum absolute atomic E-state index is 0.202. The fraction of sp³-hybridized carbons (Fsp3) is 0.533. The van der Waals surface area contributed by atoms with Crippen LogP contribution in [-0.2, 0) is 5.41 Å². The minimum atomic E-state index is -0.626. The Morgan fingerprint density at radius 1 is 1.35 bits per heavy atom. The minimum Gasteiger partial charge on any atom is -0.341 e. The van der Waals surface area contributed by atoms with Crippen molar-refractivity contribution in [1.82, 2.24) is 9.97 Å². The maximum atomic E-state index is 13.8. The summed E-state index contributed by atoms with van der Waals surface area (Å²) in [5.41, 5.74) is 6.36. The SMILES string of the molecule is CC1CCC(CN)(c2nc3c(F)cc(F)cc3[nH]2)CC1. The van der Waals surface area contributed by atoms with Gasteiger partial charge in [-0.1, -0.05) is 6.92 Å². The lowest BCUT2D eigenvalue weighted by atomic mass is 9.70. The molecule has 0 radical (unpaired) electrons. The molecule has 1 saturated carbocycles. The second-order valence-corrected chi connectivity index (χ2v) is 6.04. The van der Waals surface area contributed by atoms with Crippen molar-refractivity contribution >= 4 is 11.0 Å². The highest BCUT2D eigenvalue weighted by atomic mass is 19.1. The van der Waals surface area contributed by atoms with E-state index in [9.17, 15) is 8.78 Å². The molecule has 1 heterocycles. The molecule has 1 aromatic heterocycles. The monoisotopic (exact) mass is 279 g/mol.